The van der Waals surface area contributed by atoms with E-state index in [9.17, 15) is 0 Å². The van der Waals surface area contributed by atoms with Crippen LogP contribution in [0.1, 0.15) is 32.6 Å². The van der Waals surface area contributed by atoms with E-state index in [2.05, 4.69) is 27.0 Å². The van der Waals surface area contributed by atoms with Crippen LogP contribution in [-0.4, -0.2) is 27.8 Å². The smallest absolute Gasteiger partial charge is 0.244 e. The van der Waals surface area contributed by atoms with Crippen LogP contribution in [0.25, 0.3) is 0 Å². The van der Waals surface area contributed by atoms with Crippen molar-refractivity contribution >= 4 is 17.4 Å². The van der Waals surface area contributed by atoms with Gasteiger partial charge in [-0.15, -0.1) is 5.10 Å². The first-order chi connectivity index (χ1) is 7.31. The predicted molar refractivity (Wildman–Crippen MR) is 60.1 cm³/mol. The van der Waals surface area contributed by atoms with Crippen molar-refractivity contribution in [3.8, 4) is 0 Å². The molecule has 1 aliphatic rings. The molecule has 1 aromatic rings. The van der Waals surface area contributed by atoms with Gasteiger partial charge in [-0.25, -0.2) is 0 Å². The molecule has 1 aromatic heterocycles. The Hall–Kier alpha value is -0.900. The van der Waals surface area contributed by atoms with E-state index in [-0.39, 0.29) is 5.28 Å². The molecule has 1 saturated carbocycles. The number of anilines is 1. The molecule has 1 aliphatic carbocycles. The van der Waals surface area contributed by atoms with Crippen molar-refractivity contribution in [1.29, 1.82) is 0 Å². The van der Waals surface area contributed by atoms with Gasteiger partial charge in [0.25, 0.3) is 0 Å². The highest BCUT2D eigenvalue weighted by Crippen LogP contribution is 2.30. The number of aromatic nitrogens is 3. The van der Waals surface area contributed by atoms with E-state index in [1.807, 2.05) is 0 Å². The van der Waals surface area contributed by atoms with E-state index in [4.69, 9.17) is 11.6 Å². The van der Waals surface area contributed by atoms with Gasteiger partial charge in [0.2, 0.25) is 5.28 Å². The van der Waals surface area contributed by atoms with E-state index in [1.54, 1.807) is 6.20 Å². The summed E-state index contributed by atoms with van der Waals surface area (Å²) in [6.45, 7) is 3.23. The average Bonchev–Trinajstić information content (AvgIpc) is 3.03. The second-order valence-electron chi connectivity index (χ2n) is 3.86. The van der Waals surface area contributed by atoms with Crippen LogP contribution in [-0.2, 0) is 0 Å². The largest absolute Gasteiger partial charge is 0.352 e. The van der Waals surface area contributed by atoms with Crippen molar-refractivity contribution in [2.24, 2.45) is 0 Å². The van der Waals surface area contributed by atoms with Crippen LogP contribution in [0.3, 0.4) is 0 Å². The summed E-state index contributed by atoms with van der Waals surface area (Å²) in [5, 5.41) is 7.73. The molecule has 0 aromatic carbocycles. The first-order valence-corrected chi connectivity index (χ1v) is 5.81. The van der Waals surface area contributed by atoms with Gasteiger partial charge in [-0.1, -0.05) is 13.3 Å². The predicted octanol–water partition coefficient (Wildman–Crippen LogP) is 2.29. The highest BCUT2D eigenvalue weighted by Gasteiger charge is 2.29. The minimum atomic E-state index is 0.231. The second-order valence-corrected chi connectivity index (χ2v) is 4.20. The molecule has 1 heterocycles. The first kappa shape index (κ1) is 10.6. The van der Waals surface area contributed by atoms with Gasteiger partial charge in [-0.2, -0.15) is 10.1 Å². The van der Waals surface area contributed by atoms with Crippen molar-refractivity contribution in [1.82, 2.24) is 15.2 Å². The average molecular weight is 227 g/mol. The summed E-state index contributed by atoms with van der Waals surface area (Å²) in [5.74, 6) is 0.867. The summed E-state index contributed by atoms with van der Waals surface area (Å²) < 4.78 is 0. The third-order valence-corrected chi connectivity index (χ3v) is 2.71. The van der Waals surface area contributed by atoms with Crippen LogP contribution in [0.2, 0.25) is 5.28 Å². The molecule has 15 heavy (non-hydrogen) atoms. The highest BCUT2D eigenvalue weighted by atomic mass is 35.5. The Kier molecular flexibility index (Phi) is 3.36. The number of hydrogen-bond donors (Lipinski definition) is 0. The van der Waals surface area contributed by atoms with E-state index in [0.717, 1.165) is 12.4 Å². The quantitative estimate of drug-likeness (QED) is 0.773. The Morgan fingerprint density at radius 2 is 2.33 bits per heavy atom. The molecule has 5 heteroatoms. The maximum atomic E-state index is 5.74. The molecule has 0 amide bonds. The lowest BCUT2D eigenvalue weighted by Gasteiger charge is -2.22. The van der Waals surface area contributed by atoms with Crippen molar-refractivity contribution in [3.63, 3.8) is 0 Å². The Balaban J connectivity index is 2.09. The number of unbranched alkanes of at least 4 members (excludes halogenated alkanes) is 1. The van der Waals surface area contributed by atoms with E-state index < -0.39 is 0 Å². The van der Waals surface area contributed by atoms with Gasteiger partial charge in [0, 0.05) is 12.6 Å². The summed E-state index contributed by atoms with van der Waals surface area (Å²) in [6.07, 6.45) is 6.57. The van der Waals surface area contributed by atoms with Crippen LogP contribution in [0, 0.1) is 0 Å². The molecule has 0 unspecified atom stereocenters. The molecule has 0 radical (unpaired) electrons. The minimum Gasteiger partial charge on any atom is -0.352 e. The number of hydrogen-bond acceptors (Lipinski definition) is 4. The van der Waals surface area contributed by atoms with Crippen LogP contribution < -0.4 is 4.90 Å². The van der Waals surface area contributed by atoms with Gasteiger partial charge in [0.15, 0.2) is 5.82 Å². The van der Waals surface area contributed by atoms with Crippen LogP contribution >= 0.6 is 11.6 Å². The number of halogens is 1. The number of nitrogens with zero attached hydrogens (tertiary/aromatic N) is 4. The fourth-order valence-electron chi connectivity index (χ4n) is 1.61. The third-order valence-electron chi connectivity index (χ3n) is 2.55. The molecule has 82 valence electrons. The van der Waals surface area contributed by atoms with Gasteiger partial charge in [0.1, 0.15) is 0 Å². The lowest BCUT2D eigenvalue weighted by Crippen LogP contribution is -2.28. The summed E-state index contributed by atoms with van der Waals surface area (Å²) in [6, 6.07) is 0.643. The van der Waals surface area contributed by atoms with Gasteiger partial charge in [-0.3, -0.25) is 0 Å². The maximum absolute atomic E-state index is 5.74. The van der Waals surface area contributed by atoms with Crippen LogP contribution in [0.15, 0.2) is 6.20 Å². The van der Waals surface area contributed by atoms with Crippen LogP contribution in [0.4, 0.5) is 5.82 Å². The molecular weight excluding hydrogens is 212 g/mol. The maximum Gasteiger partial charge on any atom is 0.244 e. The summed E-state index contributed by atoms with van der Waals surface area (Å²) in [4.78, 5) is 6.50. The third kappa shape index (κ3) is 2.78. The fourth-order valence-corrected chi connectivity index (χ4v) is 1.74. The lowest BCUT2D eigenvalue weighted by atomic mass is 10.3. The Labute approximate surface area is 94.7 Å². The van der Waals surface area contributed by atoms with Crippen molar-refractivity contribution in [2.45, 2.75) is 38.6 Å². The summed E-state index contributed by atoms with van der Waals surface area (Å²) in [7, 11) is 0. The summed E-state index contributed by atoms with van der Waals surface area (Å²) in [5.41, 5.74) is 0. The van der Waals surface area contributed by atoms with Gasteiger partial charge >= 0.3 is 0 Å². The topological polar surface area (TPSA) is 41.9 Å². The molecule has 0 spiro atoms. The van der Waals surface area contributed by atoms with Crippen molar-refractivity contribution in [2.75, 3.05) is 11.4 Å². The zero-order valence-electron chi connectivity index (χ0n) is 8.86. The Morgan fingerprint density at radius 3 is 2.93 bits per heavy atom. The normalized spacial score (nSPS) is 15.3. The van der Waals surface area contributed by atoms with E-state index >= 15 is 0 Å². The monoisotopic (exact) mass is 226 g/mol. The van der Waals surface area contributed by atoms with Crippen LogP contribution in [0.5, 0.6) is 0 Å². The Bertz CT molecular complexity index is 327. The zero-order chi connectivity index (χ0) is 10.7. The molecule has 0 N–H and O–H groups in total. The molecule has 0 saturated heterocycles. The van der Waals surface area contributed by atoms with Crippen molar-refractivity contribution < 1.29 is 0 Å². The Morgan fingerprint density at radius 1 is 1.53 bits per heavy atom. The molecule has 0 aliphatic heterocycles. The first-order valence-electron chi connectivity index (χ1n) is 5.43. The molecule has 1 fully saturated rings. The zero-order valence-corrected chi connectivity index (χ0v) is 9.61. The van der Waals surface area contributed by atoms with Gasteiger partial charge in [0.05, 0.1) is 6.20 Å². The lowest BCUT2D eigenvalue weighted by molar-refractivity contribution is 0.699. The molecule has 4 nitrogen and oxygen atoms in total. The number of rotatable bonds is 5. The summed E-state index contributed by atoms with van der Waals surface area (Å²) >= 11 is 5.74. The van der Waals surface area contributed by atoms with E-state index in [0.29, 0.717) is 6.04 Å². The molecule has 0 bridgehead atoms. The molecule has 0 atom stereocenters. The SMILES string of the molecule is CCCCN(c1cnnc(Cl)n1)C1CC1. The minimum absolute atomic E-state index is 0.231. The standard InChI is InChI=1S/C10H15ClN4/c1-2-3-6-15(8-4-5-8)9-7-12-14-10(11)13-9/h7-8H,2-6H2,1H3. The molecular formula is C10H15ClN4. The van der Waals surface area contributed by atoms with E-state index in [1.165, 1.54) is 25.7 Å². The van der Waals surface area contributed by atoms with Gasteiger partial charge in [-0.05, 0) is 30.9 Å². The van der Waals surface area contributed by atoms with Gasteiger partial charge < -0.3 is 4.90 Å². The highest BCUT2D eigenvalue weighted by molar-refractivity contribution is 6.28. The molecule has 2 rings (SSSR count). The second kappa shape index (κ2) is 4.75. The van der Waals surface area contributed by atoms with Crippen molar-refractivity contribution in [3.05, 3.63) is 11.5 Å². The fraction of sp³-hybridized carbons (Fsp3) is 0.700.